The molecule has 1 heterocycles. The third kappa shape index (κ3) is 3.96. The molecule has 0 radical (unpaired) electrons. The number of aromatic nitrogens is 2. The van der Waals surface area contributed by atoms with Crippen LogP contribution in [0.5, 0.6) is 0 Å². The highest BCUT2D eigenvalue weighted by atomic mass is 79.9. The van der Waals surface area contributed by atoms with Crippen molar-refractivity contribution in [2.45, 2.75) is 6.92 Å². The van der Waals surface area contributed by atoms with E-state index in [-0.39, 0.29) is 22.4 Å². The number of benzene rings is 1. The van der Waals surface area contributed by atoms with Crippen molar-refractivity contribution < 1.29 is 9.72 Å². The summed E-state index contributed by atoms with van der Waals surface area (Å²) >= 11 is 8.89. The first-order valence-corrected chi connectivity index (χ1v) is 6.80. The number of non-ortho nitro benzene ring substituents is 1. The second-order valence-electron chi connectivity index (χ2n) is 4.06. The van der Waals surface area contributed by atoms with Crippen LogP contribution in [0.15, 0.2) is 28.7 Å². The van der Waals surface area contributed by atoms with Crippen molar-refractivity contribution in [3.63, 3.8) is 0 Å². The van der Waals surface area contributed by atoms with Gasteiger partial charge < -0.3 is 0 Å². The molecule has 1 aromatic heterocycles. The van der Waals surface area contributed by atoms with Gasteiger partial charge in [0.2, 0.25) is 5.95 Å². The number of hydrogen-bond donors (Lipinski definition) is 1. The molecule has 0 fully saturated rings. The Kier molecular flexibility index (Phi) is 4.49. The van der Waals surface area contributed by atoms with Crippen molar-refractivity contribution in [3.05, 3.63) is 55.3 Å². The van der Waals surface area contributed by atoms with Crippen molar-refractivity contribution in [3.8, 4) is 0 Å². The fraction of sp³-hybridized carbons (Fsp3) is 0.0833. The number of nitrogens with zero attached hydrogens (tertiary/aromatic N) is 3. The average molecular weight is 372 g/mol. The second-order valence-corrected chi connectivity index (χ2v) is 5.37. The van der Waals surface area contributed by atoms with Gasteiger partial charge in [-0.3, -0.25) is 20.2 Å². The third-order valence-electron chi connectivity index (χ3n) is 2.40. The molecule has 0 unspecified atom stereocenters. The third-order valence-corrected chi connectivity index (χ3v) is 3.06. The maximum Gasteiger partial charge on any atom is 0.271 e. The van der Waals surface area contributed by atoms with Crippen molar-refractivity contribution in [1.29, 1.82) is 0 Å². The number of nitro groups is 1. The van der Waals surface area contributed by atoms with Gasteiger partial charge in [-0.2, -0.15) is 0 Å². The molecule has 2 aromatic rings. The highest BCUT2D eigenvalue weighted by Gasteiger charge is 2.15. The summed E-state index contributed by atoms with van der Waals surface area (Å²) < 4.78 is 0.421. The lowest BCUT2D eigenvalue weighted by Gasteiger charge is -2.05. The van der Waals surface area contributed by atoms with Gasteiger partial charge in [-0.15, -0.1) is 0 Å². The Morgan fingerprint density at radius 2 is 2.05 bits per heavy atom. The normalized spacial score (nSPS) is 10.2. The first-order chi connectivity index (χ1) is 9.85. The van der Waals surface area contributed by atoms with Crippen LogP contribution in [-0.4, -0.2) is 20.8 Å². The summed E-state index contributed by atoms with van der Waals surface area (Å²) in [6.07, 6.45) is 0. The first-order valence-electron chi connectivity index (χ1n) is 5.62. The Hall–Kier alpha value is -2.06. The molecule has 2 rings (SSSR count). The van der Waals surface area contributed by atoms with E-state index in [4.69, 9.17) is 11.6 Å². The molecule has 7 nitrogen and oxygen atoms in total. The Morgan fingerprint density at radius 3 is 2.67 bits per heavy atom. The molecule has 0 aliphatic heterocycles. The topological polar surface area (TPSA) is 98.0 Å². The van der Waals surface area contributed by atoms with E-state index in [1.54, 1.807) is 13.0 Å². The Balaban J connectivity index is 2.30. The van der Waals surface area contributed by atoms with E-state index in [0.29, 0.717) is 10.2 Å². The number of nitro benzene ring substituents is 1. The van der Waals surface area contributed by atoms with Crippen molar-refractivity contribution in [2.24, 2.45) is 0 Å². The lowest BCUT2D eigenvalue weighted by Crippen LogP contribution is -2.15. The number of amides is 1. The second kappa shape index (κ2) is 6.15. The van der Waals surface area contributed by atoms with Gasteiger partial charge in [-0.25, -0.2) is 9.97 Å². The van der Waals surface area contributed by atoms with Crippen LogP contribution in [0.1, 0.15) is 16.1 Å². The van der Waals surface area contributed by atoms with E-state index < -0.39 is 10.8 Å². The molecular formula is C12H8BrClN4O3. The molecule has 1 N–H and O–H groups in total. The number of rotatable bonds is 3. The van der Waals surface area contributed by atoms with Gasteiger partial charge in [0.1, 0.15) is 5.15 Å². The fourth-order valence-electron chi connectivity index (χ4n) is 1.57. The summed E-state index contributed by atoms with van der Waals surface area (Å²) in [5.41, 5.74) is 0.501. The highest BCUT2D eigenvalue weighted by molar-refractivity contribution is 9.10. The van der Waals surface area contributed by atoms with Gasteiger partial charge in [-0.1, -0.05) is 27.5 Å². The minimum Gasteiger partial charge on any atom is -0.290 e. The minimum absolute atomic E-state index is 0.0348. The Morgan fingerprint density at radius 1 is 1.33 bits per heavy atom. The smallest absolute Gasteiger partial charge is 0.271 e. The lowest BCUT2D eigenvalue weighted by molar-refractivity contribution is -0.384. The van der Waals surface area contributed by atoms with Gasteiger partial charge in [0.05, 0.1) is 4.92 Å². The first kappa shape index (κ1) is 15.3. The molecule has 0 saturated heterocycles. The molecular weight excluding hydrogens is 364 g/mol. The minimum atomic E-state index is -0.582. The number of hydrogen-bond acceptors (Lipinski definition) is 5. The number of nitrogens with one attached hydrogen (secondary N) is 1. The quantitative estimate of drug-likeness (QED) is 0.507. The molecule has 0 aliphatic carbocycles. The summed E-state index contributed by atoms with van der Waals surface area (Å²) in [5, 5.41) is 13.4. The van der Waals surface area contributed by atoms with Crippen LogP contribution in [0.3, 0.4) is 0 Å². The Bertz CT molecular complexity index is 718. The molecule has 1 aromatic carbocycles. The Labute approximate surface area is 132 Å². The summed E-state index contributed by atoms with van der Waals surface area (Å²) in [6, 6.07) is 5.47. The standard InChI is InChI=1S/C12H8BrClN4O3/c1-6-2-10(14)16-12(15-6)17-11(19)7-3-8(13)5-9(4-7)18(20)21/h2-5H,1H3,(H,15,16,17,19). The monoisotopic (exact) mass is 370 g/mol. The van der Waals surface area contributed by atoms with Gasteiger partial charge in [0, 0.05) is 27.9 Å². The average Bonchev–Trinajstić information content (AvgIpc) is 2.36. The van der Waals surface area contributed by atoms with Crippen LogP contribution >= 0.6 is 27.5 Å². The summed E-state index contributed by atoms with van der Waals surface area (Å²) in [7, 11) is 0. The van der Waals surface area contributed by atoms with Crippen LogP contribution in [0.2, 0.25) is 5.15 Å². The van der Waals surface area contributed by atoms with E-state index >= 15 is 0 Å². The van der Waals surface area contributed by atoms with Crippen LogP contribution in [0, 0.1) is 17.0 Å². The molecule has 1 amide bonds. The summed E-state index contributed by atoms with van der Waals surface area (Å²) in [6.45, 7) is 1.70. The van der Waals surface area contributed by atoms with Crippen LogP contribution in [0.25, 0.3) is 0 Å². The maximum atomic E-state index is 12.1. The molecule has 108 valence electrons. The lowest BCUT2D eigenvalue weighted by atomic mass is 10.2. The van der Waals surface area contributed by atoms with Gasteiger partial charge in [-0.05, 0) is 19.1 Å². The SMILES string of the molecule is Cc1cc(Cl)nc(NC(=O)c2cc(Br)cc([N+](=O)[O-])c2)n1. The highest BCUT2D eigenvalue weighted by Crippen LogP contribution is 2.22. The zero-order chi connectivity index (χ0) is 15.6. The zero-order valence-electron chi connectivity index (χ0n) is 10.6. The molecule has 0 spiro atoms. The molecule has 0 atom stereocenters. The molecule has 0 bridgehead atoms. The number of halogens is 2. The molecule has 0 saturated carbocycles. The van der Waals surface area contributed by atoms with E-state index in [1.807, 2.05) is 0 Å². The van der Waals surface area contributed by atoms with E-state index in [1.165, 1.54) is 12.1 Å². The summed E-state index contributed by atoms with van der Waals surface area (Å²) in [4.78, 5) is 30.2. The molecule has 21 heavy (non-hydrogen) atoms. The van der Waals surface area contributed by atoms with Crippen LogP contribution in [0.4, 0.5) is 11.6 Å². The number of anilines is 1. The zero-order valence-corrected chi connectivity index (χ0v) is 13.0. The molecule has 9 heteroatoms. The summed E-state index contributed by atoms with van der Waals surface area (Å²) in [5.74, 6) is -0.534. The predicted octanol–water partition coefficient (Wildman–Crippen LogP) is 3.36. The maximum absolute atomic E-state index is 12.1. The number of carbonyl (C=O) groups is 1. The van der Waals surface area contributed by atoms with E-state index in [2.05, 4.69) is 31.2 Å². The van der Waals surface area contributed by atoms with Crippen LogP contribution in [-0.2, 0) is 0 Å². The van der Waals surface area contributed by atoms with Gasteiger partial charge in [0.15, 0.2) is 0 Å². The number of aryl methyl sites for hydroxylation is 1. The number of carbonyl (C=O) groups excluding carboxylic acids is 1. The largest absolute Gasteiger partial charge is 0.290 e. The fourth-order valence-corrected chi connectivity index (χ4v) is 2.29. The molecule has 0 aliphatic rings. The van der Waals surface area contributed by atoms with Crippen molar-refractivity contribution in [2.75, 3.05) is 5.32 Å². The van der Waals surface area contributed by atoms with E-state index in [0.717, 1.165) is 6.07 Å². The van der Waals surface area contributed by atoms with E-state index in [9.17, 15) is 14.9 Å². The predicted molar refractivity (Wildman–Crippen MR) is 80.5 cm³/mol. The van der Waals surface area contributed by atoms with Crippen molar-refractivity contribution in [1.82, 2.24) is 9.97 Å². The van der Waals surface area contributed by atoms with Crippen molar-refractivity contribution >= 4 is 45.1 Å². The van der Waals surface area contributed by atoms with Gasteiger partial charge >= 0.3 is 0 Å². The van der Waals surface area contributed by atoms with Crippen LogP contribution < -0.4 is 5.32 Å². The van der Waals surface area contributed by atoms with Gasteiger partial charge in [0.25, 0.3) is 11.6 Å².